The molecule has 0 heterocycles. The van der Waals surface area contributed by atoms with Crippen LogP contribution in [0.2, 0.25) is 0 Å². The van der Waals surface area contributed by atoms with Crippen LogP contribution in [0.3, 0.4) is 0 Å². The van der Waals surface area contributed by atoms with Gasteiger partial charge in [0, 0.05) is 6.54 Å². The van der Waals surface area contributed by atoms with Crippen molar-refractivity contribution in [3.63, 3.8) is 0 Å². The molecule has 0 bridgehead atoms. The number of ether oxygens (including phenoxy) is 1. The van der Waals surface area contributed by atoms with Crippen molar-refractivity contribution in [1.82, 2.24) is 5.32 Å². The van der Waals surface area contributed by atoms with E-state index in [1.54, 1.807) is 6.92 Å². The van der Waals surface area contributed by atoms with E-state index >= 15 is 0 Å². The Hall–Kier alpha value is -0.730. The zero-order chi connectivity index (χ0) is 12.6. The Morgan fingerprint density at radius 1 is 0.938 bits per heavy atom. The minimum absolute atomic E-state index is 0.309. The number of rotatable bonds is 7. The molecule has 3 nitrogen and oxygen atoms in total. The first kappa shape index (κ1) is 17.7. The second-order valence-corrected chi connectivity index (χ2v) is 3.71. The zero-order valence-corrected chi connectivity index (χ0v) is 11.5. The molecule has 0 aromatic rings. The van der Waals surface area contributed by atoms with Crippen molar-refractivity contribution in [1.29, 1.82) is 0 Å². The summed E-state index contributed by atoms with van der Waals surface area (Å²) < 4.78 is 4.64. The molecule has 16 heavy (non-hydrogen) atoms. The lowest BCUT2D eigenvalue weighted by Crippen LogP contribution is -2.24. The smallest absolute Gasteiger partial charge is 0.407 e. The first-order valence-corrected chi connectivity index (χ1v) is 6.63. The second kappa shape index (κ2) is 16.7. The van der Waals surface area contributed by atoms with E-state index < -0.39 is 0 Å². The van der Waals surface area contributed by atoms with E-state index in [0.717, 1.165) is 19.4 Å². The number of hydrogen-bond donors (Lipinski definition) is 1. The molecule has 1 amide bonds. The van der Waals surface area contributed by atoms with Gasteiger partial charge in [0.25, 0.3) is 0 Å². The number of hydrogen-bond acceptors (Lipinski definition) is 2. The summed E-state index contributed by atoms with van der Waals surface area (Å²) in [5.41, 5.74) is 0. The van der Waals surface area contributed by atoms with E-state index in [4.69, 9.17) is 0 Å². The van der Waals surface area contributed by atoms with Gasteiger partial charge >= 0.3 is 6.09 Å². The molecule has 0 atom stereocenters. The topological polar surface area (TPSA) is 38.3 Å². The zero-order valence-electron chi connectivity index (χ0n) is 11.5. The molecule has 0 aliphatic heterocycles. The molecule has 3 heteroatoms. The SMILES string of the molecule is CCCCCC.CCCCNC(=O)OCC. The third kappa shape index (κ3) is 18.9. The van der Waals surface area contributed by atoms with Crippen LogP contribution in [-0.2, 0) is 4.74 Å². The Balaban J connectivity index is 0. The maximum atomic E-state index is 10.6. The highest BCUT2D eigenvalue weighted by atomic mass is 16.5. The molecule has 1 N–H and O–H groups in total. The first-order valence-electron chi connectivity index (χ1n) is 6.63. The molecule has 0 fully saturated rings. The highest BCUT2D eigenvalue weighted by Crippen LogP contribution is 1.95. The van der Waals surface area contributed by atoms with Crippen LogP contribution in [0.15, 0.2) is 0 Å². The average molecular weight is 231 g/mol. The summed E-state index contributed by atoms with van der Waals surface area (Å²) in [6.07, 6.45) is 7.33. The van der Waals surface area contributed by atoms with Gasteiger partial charge in [0.15, 0.2) is 0 Å². The average Bonchev–Trinajstić information content (AvgIpc) is 2.28. The molecule has 0 spiro atoms. The van der Waals surface area contributed by atoms with Crippen LogP contribution < -0.4 is 5.32 Å². The fraction of sp³-hybridized carbons (Fsp3) is 0.923. The summed E-state index contributed by atoms with van der Waals surface area (Å²) in [5.74, 6) is 0. The number of nitrogens with one attached hydrogen (secondary N) is 1. The molecule has 0 aromatic carbocycles. The van der Waals surface area contributed by atoms with Gasteiger partial charge < -0.3 is 10.1 Å². The Morgan fingerprint density at radius 3 is 1.81 bits per heavy atom. The van der Waals surface area contributed by atoms with Gasteiger partial charge in [-0.25, -0.2) is 4.79 Å². The van der Waals surface area contributed by atoms with Crippen LogP contribution in [0.5, 0.6) is 0 Å². The van der Waals surface area contributed by atoms with E-state index in [-0.39, 0.29) is 6.09 Å². The summed E-state index contributed by atoms with van der Waals surface area (Å²) in [4.78, 5) is 10.6. The lowest BCUT2D eigenvalue weighted by molar-refractivity contribution is 0.152. The fourth-order valence-corrected chi connectivity index (χ4v) is 1.05. The summed E-state index contributed by atoms with van der Waals surface area (Å²) in [5, 5.41) is 2.62. The molecule has 0 aliphatic carbocycles. The number of unbranched alkanes of at least 4 members (excludes halogenated alkanes) is 4. The first-order chi connectivity index (χ1) is 7.72. The molecular formula is C13H29NO2. The maximum Gasteiger partial charge on any atom is 0.407 e. The number of amides is 1. The number of carbonyl (C=O) groups is 1. The van der Waals surface area contributed by atoms with Crippen LogP contribution in [0.4, 0.5) is 4.79 Å². The Morgan fingerprint density at radius 2 is 1.44 bits per heavy atom. The van der Waals surface area contributed by atoms with Crippen molar-refractivity contribution in [3.8, 4) is 0 Å². The van der Waals surface area contributed by atoms with E-state index in [1.807, 2.05) is 0 Å². The van der Waals surface area contributed by atoms with E-state index in [2.05, 4.69) is 30.8 Å². The van der Waals surface area contributed by atoms with Crippen LogP contribution in [0, 0.1) is 0 Å². The summed E-state index contributed by atoms with van der Waals surface area (Å²) in [6, 6.07) is 0. The predicted octanol–water partition coefficient (Wildman–Crippen LogP) is 4.12. The maximum absolute atomic E-state index is 10.6. The Labute approximate surface area is 101 Å². The van der Waals surface area contributed by atoms with E-state index in [1.165, 1.54) is 25.7 Å². The Kier molecular flexibility index (Phi) is 18.4. The standard InChI is InChI=1S/C7H15NO2.C6H14/c1-3-5-6-8-7(9)10-4-2;1-3-5-6-4-2/h3-6H2,1-2H3,(H,8,9);3-6H2,1-2H3. The van der Waals surface area contributed by atoms with Crippen molar-refractivity contribution in [2.24, 2.45) is 0 Å². The van der Waals surface area contributed by atoms with Crippen LogP contribution in [0.1, 0.15) is 66.2 Å². The molecule has 0 unspecified atom stereocenters. The van der Waals surface area contributed by atoms with Gasteiger partial charge in [-0.05, 0) is 13.3 Å². The van der Waals surface area contributed by atoms with E-state index in [0.29, 0.717) is 6.61 Å². The van der Waals surface area contributed by atoms with Crippen molar-refractivity contribution in [2.75, 3.05) is 13.2 Å². The van der Waals surface area contributed by atoms with Gasteiger partial charge in [0.2, 0.25) is 0 Å². The quantitative estimate of drug-likeness (QED) is 0.669. The summed E-state index contributed by atoms with van der Waals surface area (Å²) >= 11 is 0. The largest absolute Gasteiger partial charge is 0.450 e. The second-order valence-electron chi connectivity index (χ2n) is 3.71. The molecular weight excluding hydrogens is 202 g/mol. The van der Waals surface area contributed by atoms with Gasteiger partial charge in [0.05, 0.1) is 6.61 Å². The van der Waals surface area contributed by atoms with Crippen LogP contribution in [-0.4, -0.2) is 19.2 Å². The van der Waals surface area contributed by atoms with E-state index in [9.17, 15) is 4.79 Å². The number of alkyl carbamates (subject to hydrolysis) is 1. The fourth-order valence-electron chi connectivity index (χ4n) is 1.05. The monoisotopic (exact) mass is 231 g/mol. The lowest BCUT2D eigenvalue weighted by Gasteiger charge is -2.02. The van der Waals surface area contributed by atoms with Crippen molar-refractivity contribution < 1.29 is 9.53 Å². The van der Waals surface area contributed by atoms with Crippen LogP contribution in [0.25, 0.3) is 0 Å². The molecule has 0 rings (SSSR count). The minimum atomic E-state index is -0.309. The van der Waals surface area contributed by atoms with Crippen LogP contribution >= 0.6 is 0 Å². The number of carbonyl (C=O) groups excluding carboxylic acids is 1. The predicted molar refractivity (Wildman–Crippen MR) is 69.7 cm³/mol. The molecule has 0 saturated heterocycles. The van der Waals surface area contributed by atoms with Crippen molar-refractivity contribution >= 4 is 6.09 Å². The normalized spacial score (nSPS) is 9.00. The molecule has 0 aromatic heterocycles. The highest BCUT2D eigenvalue weighted by Gasteiger charge is 1.95. The Bertz CT molecular complexity index is 134. The summed E-state index contributed by atoms with van der Waals surface area (Å²) in [7, 11) is 0. The highest BCUT2D eigenvalue weighted by molar-refractivity contribution is 5.66. The van der Waals surface area contributed by atoms with Gasteiger partial charge in [-0.1, -0.05) is 52.9 Å². The minimum Gasteiger partial charge on any atom is -0.450 e. The molecule has 0 radical (unpaired) electrons. The third-order valence-electron chi connectivity index (χ3n) is 2.03. The van der Waals surface area contributed by atoms with Crippen molar-refractivity contribution in [3.05, 3.63) is 0 Å². The molecule has 98 valence electrons. The van der Waals surface area contributed by atoms with Crippen molar-refractivity contribution in [2.45, 2.75) is 66.2 Å². The van der Waals surface area contributed by atoms with Gasteiger partial charge in [-0.15, -0.1) is 0 Å². The van der Waals surface area contributed by atoms with Gasteiger partial charge in [-0.2, -0.15) is 0 Å². The molecule has 0 aliphatic rings. The molecule has 0 saturated carbocycles. The third-order valence-corrected chi connectivity index (χ3v) is 2.03. The lowest BCUT2D eigenvalue weighted by atomic mass is 10.2. The van der Waals surface area contributed by atoms with Gasteiger partial charge in [0.1, 0.15) is 0 Å². The van der Waals surface area contributed by atoms with Gasteiger partial charge in [-0.3, -0.25) is 0 Å². The summed E-state index contributed by atoms with van der Waals surface area (Å²) in [6.45, 7) is 9.49.